The minimum absolute atomic E-state index is 0.00911. The van der Waals surface area contributed by atoms with E-state index in [-0.39, 0.29) is 54.3 Å². The Morgan fingerprint density at radius 3 is 2.27 bits per heavy atom. The molecule has 246 valence electrons. The summed E-state index contributed by atoms with van der Waals surface area (Å²) >= 11 is 0. The van der Waals surface area contributed by atoms with Gasteiger partial charge in [0.05, 0.1) is 6.61 Å². The largest absolute Gasteiger partial charge is 0.508 e. The summed E-state index contributed by atoms with van der Waals surface area (Å²) in [5, 5.41) is 29.0. The Labute approximate surface area is 255 Å². The third-order valence-corrected chi connectivity index (χ3v) is 9.23. The SMILES string of the molecule is O=C(O)C(CCCS(=O)CCCC(F)(F)C(F)(F)F)OCCCCCC[C@@H]1c2ccc(O)cc2OC[C@@H]1c1ccc(O)cc1. The van der Waals surface area contributed by atoms with E-state index in [2.05, 4.69) is 0 Å². The molecule has 0 bridgehead atoms. The van der Waals surface area contributed by atoms with Crippen LogP contribution in [-0.4, -0.2) is 68.4 Å². The van der Waals surface area contributed by atoms with E-state index in [0.29, 0.717) is 18.8 Å². The molecule has 3 rings (SSSR count). The lowest BCUT2D eigenvalue weighted by Gasteiger charge is -2.34. The van der Waals surface area contributed by atoms with Crippen molar-refractivity contribution in [3.63, 3.8) is 0 Å². The Morgan fingerprint density at radius 1 is 0.932 bits per heavy atom. The predicted molar refractivity (Wildman–Crippen MR) is 155 cm³/mol. The van der Waals surface area contributed by atoms with E-state index >= 15 is 0 Å². The van der Waals surface area contributed by atoms with Gasteiger partial charge in [-0.15, -0.1) is 0 Å². The normalized spacial score (nSPS) is 18.3. The van der Waals surface area contributed by atoms with Crippen LogP contribution in [0, 0.1) is 0 Å². The first kappa shape index (κ1) is 35.5. The second-order valence-corrected chi connectivity index (χ2v) is 12.7. The van der Waals surface area contributed by atoms with Crippen molar-refractivity contribution in [2.24, 2.45) is 0 Å². The molecule has 0 radical (unpaired) electrons. The topological polar surface area (TPSA) is 113 Å². The maximum absolute atomic E-state index is 13.0. The van der Waals surface area contributed by atoms with Gasteiger partial charge in [-0.3, -0.25) is 4.21 Å². The molecule has 13 heteroatoms. The summed E-state index contributed by atoms with van der Waals surface area (Å²) in [6.45, 7) is 0.653. The Hall–Kier alpha value is -2.93. The first-order valence-electron chi connectivity index (χ1n) is 14.7. The number of aliphatic carboxylic acids is 1. The number of fused-ring (bicyclic) bond motifs is 1. The van der Waals surface area contributed by atoms with Crippen molar-refractivity contribution in [1.29, 1.82) is 0 Å². The van der Waals surface area contributed by atoms with Gasteiger partial charge in [0.1, 0.15) is 17.2 Å². The number of alkyl halides is 5. The number of unbranched alkanes of at least 4 members (excludes halogenated alkanes) is 3. The van der Waals surface area contributed by atoms with E-state index in [9.17, 15) is 46.3 Å². The maximum Gasteiger partial charge on any atom is 0.453 e. The minimum atomic E-state index is -5.64. The Morgan fingerprint density at radius 2 is 1.59 bits per heavy atom. The van der Waals surface area contributed by atoms with Crippen LogP contribution in [0.1, 0.15) is 80.8 Å². The number of ether oxygens (including phenoxy) is 2. The maximum atomic E-state index is 13.0. The first-order valence-corrected chi connectivity index (χ1v) is 16.2. The molecule has 2 unspecified atom stereocenters. The second kappa shape index (κ2) is 16.4. The summed E-state index contributed by atoms with van der Waals surface area (Å²) in [7, 11) is -1.64. The quantitative estimate of drug-likeness (QED) is 0.115. The molecule has 0 aliphatic carbocycles. The highest BCUT2D eigenvalue weighted by molar-refractivity contribution is 7.84. The third kappa shape index (κ3) is 10.6. The molecule has 7 nitrogen and oxygen atoms in total. The highest BCUT2D eigenvalue weighted by Crippen LogP contribution is 2.46. The zero-order valence-electron chi connectivity index (χ0n) is 24.2. The number of phenolic OH excluding ortho intramolecular Hbond substituents is 2. The summed E-state index contributed by atoms with van der Waals surface area (Å²) in [6.07, 6.45) is -4.47. The van der Waals surface area contributed by atoms with Crippen LogP contribution < -0.4 is 4.74 Å². The lowest BCUT2D eigenvalue weighted by atomic mass is 9.77. The summed E-state index contributed by atoms with van der Waals surface area (Å²) < 4.78 is 86.0. The molecular weight excluding hydrogens is 611 g/mol. The molecule has 4 atom stereocenters. The number of carboxylic acids is 1. The fourth-order valence-corrected chi connectivity index (χ4v) is 6.48. The van der Waals surface area contributed by atoms with Crippen LogP contribution in [-0.2, 0) is 20.3 Å². The highest BCUT2D eigenvalue weighted by Gasteiger charge is 2.56. The molecule has 3 N–H and O–H groups in total. The lowest BCUT2D eigenvalue weighted by molar-refractivity contribution is -0.284. The van der Waals surface area contributed by atoms with E-state index in [1.54, 1.807) is 24.3 Å². The second-order valence-electron chi connectivity index (χ2n) is 11.0. The lowest BCUT2D eigenvalue weighted by Crippen LogP contribution is -2.36. The molecule has 0 saturated heterocycles. The Kier molecular flexibility index (Phi) is 13.2. The van der Waals surface area contributed by atoms with E-state index in [0.717, 1.165) is 36.8 Å². The van der Waals surface area contributed by atoms with Crippen LogP contribution in [0.15, 0.2) is 42.5 Å². The zero-order valence-corrected chi connectivity index (χ0v) is 25.1. The Bertz CT molecular complexity index is 1220. The summed E-state index contributed by atoms with van der Waals surface area (Å²) in [5.41, 5.74) is 2.06. The molecule has 44 heavy (non-hydrogen) atoms. The average Bonchev–Trinajstić information content (AvgIpc) is 2.95. The van der Waals surface area contributed by atoms with Crippen molar-refractivity contribution in [2.75, 3.05) is 24.7 Å². The van der Waals surface area contributed by atoms with Crippen molar-refractivity contribution in [1.82, 2.24) is 0 Å². The van der Waals surface area contributed by atoms with E-state index in [1.807, 2.05) is 18.2 Å². The number of benzene rings is 2. The van der Waals surface area contributed by atoms with Gasteiger partial charge in [0.15, 0.2) is 6.10 Å². The molecule has 2 aromatic rings. The van der Waals surface area contributed by atoms with Crippen LogP contribution in [0.5, 0.6) is 17.2 Å². The fourth-order valence-electron chi connectivity index (χ4n) is 5.33. The van der Waals surface area contributed by atoms with Gasteiger partial charge >= 0.3 is 18.1 Å². The standard InChI is InChI=1S/C31H39F5O7S/c32-30(33,31(34,35)36)15-6-18-44(41)17-5-8-27(29(39)40)42-16-4-2-1-3-7-24-25-14-13-23(38)19-28(25)43-20-26(24)21-9-11-22(37)12-10-21/h9-14,19,24,26-27,37-38H,1-8,15-18,20H2,(H,39,40)/t24-,26-,27?,44?/m1/s1. The molecule has 2 aromatic carbocycles. The number of hydrogen-bond donors (Lipinski definition) is 3. The van der Waals surface area contributed by atoms with Crippen LogP contribution in [0.25, 0.3) is 0 Å². The van der Waals surface area contributed by atoms with Gasteiger partial charge in [-0.25, -0.2) is 4.79 Å². The van der Waals surface area contributed by atoms with E-state index in [1.165, 1.54) is 0 Å². The van der Waals surface area contributed by atoms with Gasteiger partial charge in [0.2, 0.25) is 0 Å². The van der Waals surface area contributed by atoms with Crippen LogP contribution in [0.2, 0.25) is 0 Å². The first-order chi connectivity index (χ1) is 20.8. The van der Waals surface area contributed by atoms with Crippen LogP contribution in [0.4, 0.5) is 22.0 Å². The zero-order chi connectivity index (χ0) is 32.3. The molecule has 1 aliphatic rings. The Balaban J connectivity index is 1.37. The van der Waals surface area contributed by atoms with Crippen LogP contribution in [0.3, 0.4) is 0 Å². The summed E-state index contributed by atoms with van der Waals surface area (Å²) in [6, 6.07) is 12.2. The number of carboxylic acid groups (broad SMARTS) is 1. The number of phenols is 2. The molecule has 0 aromatic heterocycles. The van der Waals surface area contributed by atoms with E-state index in [4.69, 9.17) is 9.47 Å². The van der Waals surface area contributed by atoms with Crippen molar-refractivity contribution in [3.8, 4) is 17.2 Å². The molecular formula is C31H39F5O7S. The smallest absolute Gasteiger partial charge is 0.453 e. The number of carbonyl (C=O) groups is 1. The van der Waals surface area contributed by atoms with Gasteiger partial charge in [0, 0.05) is 47.3 Å². The summed E-state index contributed by atoms with van der Waals surface area (Å²) in [4.78, 5) is 11.6. The molecule has 0 spiro atoms. The summed E-state index contributed by atoms with van der Waals surface area (Å²) in [5.74, 6) is -5.14. The van der Waals surface area contributed by atoms with Gasteiger partial charge in [-0.1, -0.05) is 37.5 Å². The molecule has 0 saturated carbocycles. The van der Waals surface area contributed by atoms with Crippen molar-refractivity contribution >= 4 is 16.8 Å². The average molecular weight is 651 g/mol. The monoisotopic (exact) mass is 650 g/mol. The van der Waals surface area contributed by atoms with Crippen molar-refractivity contribution < 1.29 is 55.7 Å². The molecule has 1 aliphatic heterocycles. The van der Waals surface area contributed by atoms with Gasteiger partial charge in [-0.2, -0.15) is 22.0 Å². The van der Waals surface area contributed by atoms with Crippen molar-refractivity contribution in [3.05, 3.63) is 53.6 Å². The molecule has 1 heterocycles. The fraction of sp³-hybridized carbons (Fsp3) is 0.581. The van der Waals surface area contributed by atoms with Gasteiger partial charge in [-0.05, 0) is 67.3 Å². The number of halogens is 5. The van der Waals surface area contributed by atoms with Crippen LogP contribution >= 0.6 is 0 Å². The molecule has 0 amide bonds. The number of rotatable bonds is 18. The highest BCUT2D eigenvalue weighted by atomic mass is 32.2. The van der Waals surface area contributed by atoms with Crippen molar-refractivity contribution in [2.45, 2.75) is 87.8 Å². The van der Waals surface area contributed by atoms with Gasteiger partial charge < -0.3 is 24.8 Å². The predicted octanol–water partition coefficient (Wildman–Crippen LogP) is 7.28. The van der Waals surface area contributed by atoms with E-state index < -0.39 is 47.8 Å². The minimum Gasteiger partial charge on any atom is -0.508 e. The third-order valence-electron chi connectivity index (χ3n) is 7.74. The number of aromatic hydroxyl groups is 2. The molecule has 0 fully saturated rings. The van der Waals surface area contributed by atoms with Gasteiger partial charge in [0.25, 0.3) is 0 Å². The number of hydrogen-bond acceptors (Lipinski definition) is 6.